The van der Waals surface area contributed by atoms with E-state index in [2.05, 4.69) is 26.6 Å². The van der Waals surface area contributed by atoms with Crippen molar-refractivity contribution in [1.82, 2.24) is 15.2 Å². The Balaban J connectivity index is 1.30. The third kappa shape index (κ3) is 2.89. The Hall–Kier alpha value is -1.66. The molecule has 5 nitrogen and oxygen atoms in total. The van der Waals surface area contributed by atoms with Crippen LogP contribution in [0.5, 0.6) is 0 Å². The van der Waals surface area contributed by atoms with Gasteiger partial charge in [-0.1, -0.05) is 0 Å². The molecule has 1 aliphatic carbocycles. The number of anilines is 1. The van der Waals surface area contributed by atoms with E-state index >= 15 is 0 Å². The third-order valence-corrected chi connectivity index (χ3v) is 6.39. The van der Waals surface area contributed by atoms with E-state index in [0.717, 1.165) is 29.0 Å². The van der Waals surface area contributed by atoms with Gasteiger partial charge in [0.15, 0.2) is 0 Å². The number of rotatable bonds is 4. The van der Waals surface area contributed by atoms with Gasteiger partial charge in [0.2, 0.25) is 0 Å². The number of amides is 1. The molecule has 4 heterocycles. The second kappa shape index (κ2) is 5.70. The van der Waals surface area contributed by atoms with Crippen LogP contribution in [-0.2, 0) is 0 Å². The number of nitrogens with one attached hydrogen (secondary N) is 2. The number of piperidine rings is 1. The molecule has 1 saturated carbocycles. The number of thiophene rings is 1. The highest BCUT2D eigenvalue weighted by Gasteiger charge is 2.33. The lowest BCUT2D eigenvalue weighted by atomic mass is 9.97. The molecule has 2 saturated heterocycles. The minimum Gasteiger partial charge on any atom is -0.374 e. The quantitative estimate of drug-likeness (QED) is 0.897. The molecule has 126 valence electrons. The fraction of sp³-hybridized carbons (Fsp3) is 0.556. The summed E-state index contributed by atoms with van der Waals surface area (Å²) in [7, 11) is 0. The molecule has 3 aliphatic rings. The van der Waals surface area contributed by atoms with Crippen LogP contribution < -0.4 is 10.6 Å². The number of carbonyl (C=O) groups excluding carboxylic acids is 1. The Morgan fingerprint density at radius 2 is 2.12 bits per heavy atom. The lowest BCUT2D eigenvalue weighted by molar-refractivity contribution is 0.0904. The van der Waals surface area contributed by atoms with Crippen LogP contribution in [0.3, 0.4) is 0 Å². The number of fused-ring (bicyclic) bond motifs is 3. The zero-order valence-electron chi connectivity index (χ0n) is 13.6. The van der Waals surface area contributed by atoms with E-state index in [-0.39, 0.29) is 11.9 Å². The molecule has 0 radical (unpaired) electrons. The molecule has 2 aliphatic heterocycles. The average Bonchev–Trinajstić information content (AvgIpc) is 3.18. The van der Waals surface area contributed by atoms with Crippen LogP contribution in [0.4, 0.5) is 5.00 Å². The maximum absolute atomic E-state index is 12.6. The summed E-state index contributed by atoms with van der Waals surface area (Å²) in [5, 5.41) is 9.01. The maximum Gasteiger partial charge on any atom is 0.270 e. The summed E-state index contributed by atoms with van der Waals surface area (Å²) in [6, 6.07) is 4.99. The zero-order valence-corrected chi connectivity index (χ0v) is 14.4. The van der Waals surface area contributed by atoms with Crippen LogP contribution in [0.1, 0.15) is 36.2 Å². The molecule has 3 fully saturated rings. The second-order valence-corrected chi connectivity index (χ2v) is 8.54. The normalized spacial score (nSPS) is 28.9. The van der Waals surface area contributed by atoms with Crippen LogP contribution in [0.15, 0.2) is 18.3 Å². The van der Waals surface area contributed by atoms with Gasteiger partial charge in [0.05, 0.1) is 5.00 Å². The van der Waals surface area contributed by atoms with E-state index in [0.29, 0.717) is 11.7 Å². The molecule has 24 heavy (non-hydrogen) atoms. The Bertz CT molecular complexity index is 772. The molecule has 2 aromatic rings. The third-order valence-electron chi connectivity index (χ3n) is 5.36. The minimum atomic E-state index is -0.0329. The van der Waals surface area contributed by atoms with Gasteiger partial charge in [-0.15, -0.1) is 11.3 Å². The average molecular weight is 342 g/mol. The van der Waals surface area contributed by atoms with Crippen molar-refractivity contribution in [2.75, 3.05) is 25.0 Å². The largest absolute Gasteiger partial charge is 0.374 e. The molecule has 2 N–H and O–H groups in total. The monoisotopic (exact) mass is 342 g/mol. The number of hydrogen-bond acceptors (Lipinski definition) is 5. The van der Waals surface area contributed by atoms with Gasteiger partial charge in [0.25, 0.3) is 5.91 Å². The highest BCUT2D eigenvalue weighted by atomic mass is 32.1. The van der Waals surface area contributed by atoms with Crippen LogP contribution >= 0.6 is 11.3 Å². The van der Waals surface area contributed by atoms with Crippen molar-refractivity contribution >= 4 is 32.3 Å². The van der Waals surface area contributed by atoms with E-state index in [9.17, 15) is 4.79 Å². The SMILES string of the molecule is O=C(N[C@@H]1C[C@@H]2CCN(C2)C1)c1cc2sc(NC3CC3)cc2cn1. The number of carbonyl (C=O) groups is 1. The lowest BCUT2D eigenvalue weighted by Crippen LogP contribution is -2.47. The van der Waals surface area contributed by atoms with Gasteiger partial charge in [-0.2, -0.15) is 0 Å². The van der Waals surface area contributed by atoms with Gasteiger partial charge in [0, 0.05) is 41.5 Å². The van der Waals surface area contributed by atoms with E-state index in [1.165, 1.54) is 37.4 Å². The summed E-state index contributed by atoms with van der Waals surface area (Å²) in [4.78, 5) is 19.4. The van der Waals surface area contributed by atoms with Crippen molar-refractivity contribution in [2.24, 2.45) is 5.92 Å². The number of hydrogen-bond donors (Lipinski definition) is 2. The summed E-state index contributed by atoms with van der Waals surface area (Å²) in [6.45, 7) is 3.38. The highest BCUT2D eigenvalue weighted by molar-refractivity contribution is 7.22. The van der Waals surface area contributed by atoms with Crippen molar-refractivity contribution < 1.29 is 4.79 Å². The number of pyridine rings is 1. The van der Waals surface area contributed by atoms with Crippen LogP contribution in [0, 0.1) is 5.92 Å². The van der Waals surface area contributed by atoms with Crippen LogP contribution in [0.25, 0.3) is 10.1 Å². The minimum absolute atomic E-state index is 0.0329. The van der Waals surface area contributed by atoms with E-state index in [4.69, 9.17) is 0 Å². The standard InChI is InChI=1S/C18H22N4OS/c23-18(21-14-5-11-3-4-22(9-11)10-14)15-7-16-12(8-19-15)6-17(24-16)20-13-1-2-13/h6-8,11,13-14,20H,1-5,9-10H2,(H,21,23)/t11-,14+/m0/s1. The Morgan fingerprint density at radius 1 is 1.21 bits per heavy atom. The lowest BCUT2D eigenvalue weighted by Gasteiger charge is -2.30. The summed E-state index contributed by atoms with van der Waals surface area (Å²) in [5.41, 5.74) is 0.537. The van der Waals surface area contributed by atoms with Gasteiger partial charge in [-0.3, -0.25) is 9.78 Å². The first-order valence-electron chi connectivity index (χ1n) is 8.92. The molecule has 3 atom stereocenters. The first kappa shape index (κ1) is 14.7. The molecule has 0 spiro atoms. The van der Waals surface area contributed by atoms with Gasteiger partial charge in [-0.05, 0) is 50.3 Å². The molecular formula is C18H22N4OS. The highest BCUT2D eigenvalue weighted by Crippen LogP contribution is 2.34. The molecule has 5 rings (SSSR count). The van der Waals surface area contributed by atoms with Gasteiger partial charge < -0.3 is 15.5 Å². The van der Waals surface area contributed by atoms with Crippen molar-refractivity contribution in [3.8, 4) is 0 Å². The first-order valence-corrected chi connectivity index (χ1v) is 9.74. The van der Waals surface area contributed by atoms with Crippen molar-refractivity contribution in [3.63, 3.8) is 0 Å². The van der Waals surface area contributed by atoms with Crippen LogP contribution in [-0.4, -0.2) is 47.5 Å². The summed E-state index contributed by atoms with van der Waals surface area (Å²) >= 11 is 1.71. The van der Waals surface area contributed by atoms with Crippen molar-refractivity contribution in [1.29, 1.82) is 0 Å². The van der Waals surface area contributed by atoms with Crippen LogP contribution in [0.2, 0.25) is 0 Å². The van der Waals surface area contributed by atoms with Gasteiger partial charge in [0.1, 0.15) is 5.69 Å². The van der Waals surface area contributed by atoms with E-state index in [1.54, 1.807) is 11.3 Å². The Kier molecular flexibility index (Phi) is 3.49. The summed E-state index contributed by atoms with van der Waals surface area (Å²) < 4.78 is 1.13. The van der Waals surface area contributed by atoms with E-state index < -0.39 is 0 Å². The molecule has 1 amide bonds. The topological polar surface area (TPSA) is 57.3 Å². The number of nitrogens with zero attached hydrogens (tertiary/aromatic N) is 2. The molecule has 1 unspecified atom stereocenters. The Labute approximate surface area is 145 Å². The first-order chi connectivity index (χ1) is 11.7. The molecule has 2 bridgehead atoms. The maximum atomic E-state index is 12.6. The molecule has 0 aromatic carbocycles. The van der Waals surface area contributed by atoms with Gasteiger partial charge >= 0.3 is 0 Å². The van der Waals surface area contributed by atoms with E-state index in [1.807, 2.05) is 12.3 Å². The zero-order chi connectivity index (χ0) is 16.1. The Morgan fingerprint density at radius 3 is 2.96 bits per heavy atom. The summed E-state index contributed by atoms with van der Waals surface area (Å²) in [6.07, 6.45) is 6.74. The smallest absolute Gasteiger partial charge is 0.270 e. The fourth-order valence-electron chi connectivity index (χ4n) is 3.98. The van der Waals surface area contributed by atoms with Crippen molar-refractivity contribution in [2.45, 2.75) is 37.8 Å². The van der Waals surface area contributed by atoms with Crippen molar-refractivity contribution in [3.05, 3.63) is 24.0 Å². The van der Waals surface area contributed by atoms with Gasteiger partial charge in [-0.25, -0.2) is 0 Å². The molecule has 6 heteroatoms. The predicted molar refractivity (Wildman–Crippen MR) is 96.7 cm³/mol. The summed E-state index contributed by atoms with van der Waals surface area (Å²) in [5.74, 6) is 0.724. The second-order valence-electron chi connectivity index (χ2n) is 7.46. The fourth-order valence-corrected chi connectivity index (χ4v) is 5.03. The molecule has 2 aromatic heterocycles. The predicted octanol–water partition coefficient (Wildman–Crippen LogP) is 2.69. The molecular weight excluding hydrogens is 320 g/mol. The number of aromatic nitrogens is 1.